The van der Waals surface area contributed by atoms with Crippen LogP contribution in [0.15, 0.2) is 18.6 Å². The molecular weight excluding hydrogens is 234 g/mol. The molecule has 5 N–H and O–H groups in total. The van der Waals surface area contributed by atoms with Crippen molar-refractivity contribution in [3.05, 3.63) is 35.7 Å². The van der Waals surface area contributed by atoms with E-state index in [0.29, 0.717) is 17.1 Å². The average molecular weight is 247 g/mol. The number of hydrogen-bond donors (Lipinski definition) is 4. The Morgan fingerprint density at radius 3 is 3.00 bits per heavy atom. The molecule has 0 aliphatic heterocycles. The van der Waals surface area contributed by atoms with Gasteiger partial charge in [-0.05, 0) is 13.0 Å². The summed E-state index contributed by atoms with van der Waals surface area (Å²) in [7, 11) is 0. The first-order chi connectivity index (χ1) is 8.70. The Morgan fingerprint density at radius 1 is 1.50 bits per heavy atom. The van der Waals surface area contributed by atoms with Crippen molar-refractivity contribution in [1.82, 2.24) is 25.5 Å². The topological polar surface area (TPSA) is 122 Å². The zero-order valence-electron chi connectivity index (χ0n) is 9.77. The van der Waals surface area contributed by atoms with Gasteiger partial charge in [0.25, 0.3) is 5.91 Å². The van der Waals surface area contributed by atoms with Gasteiger partial charge in [0.2, 0.25) is 0 Å². The van der Waals surface area contributed by atoms with Crippen molar-refractivity contribution in [2.24, 2.45) is 5.84 Å². The Bertz CT molecular complexity index is 537. The minimum absolute atomic E-state index is 0.261. The first-order valence-electron chi connectivity index (χ1n) is 5.26. The molecule has 0 saturated heterocycles. The van der Waals surface area contributed by atoms with Crippen LogP contribution < -0.4 is 16.6 Å². The highest BCUT2D eigenvalue weighted by Crippen LogP contribution is 2.14. The third-order valence-electron chi connectivity index (χ3n) is 2.32. The van der Waals surface area contributed by atoms with Crippen LogP contribution in [0.1, 0.15) is 21.9 Å². The van der Waals surface area contributed by atoms with Crippen LogP contribution in [0, 0.1) is 6.92 Å². The summed E-state index contributed by atoms with van der Waals surface area (Å²) in [5.41, 5.74) is 4.15. The summed E-state index contributed by atoms with van der Waals surface area (Å²) in [5, 5.41) is 9.02. The fourth-order valence-corrected chi connectivity index (χ4v) is 1.44. The van der Waals surface area contributed by atoms with Gasteiger partial charge in [-0.1, -0.05) is 0 Å². The highest BCUT2D eigenvalue weighted by Gasteiger charge is 2.11. The lowest BCUT2D eigenvalue weighted by atomic mass is 10.2. The number of pyridine rings is 1. The van der Waals surface area contributed by atoms with Gasteiger partial charge in [-0.3, -0.25) is 20.7 Å². The summed E-state index contributed by atoms with van der Waals surface area (Å²) in [5.74, 6) is 5.65. The smallest absolute Gasteiger partial charge is 0.255 e. The Morgan fingerprint density at radius 2 is 2.33 bits per heavy atom. The van der Waals surface area contributed by atoms with Crippen LogP contribution in [0.2, 0.25) is 0 Å². The van der Waals surface area contributed by atoms with Gasteiger partial charge in [-0.25, -0.2) is 4.98 Å². The first-order valence-corrected chi connectivity index (χ1v) is 5.26. The summed E-state index contributed by atoms with van der Waals surface area (Å²) >= 11 is 0. The SMILES string of the molecule is Cc1cc(NN)c(C(=O)NCc2ncn[nH]2)cn1. The fourth-order valence-electron chi connectivity index (χ4n) is 1.44. The molecule has 0 spiro atoms. The molecule has 8 nitrogen and oxygen atoms in total. The molecule has 0 saturated carbocycles. The number of carbonyl (C=O) groups excluding carboxylic acids is 1. The Kier molecular flexibility index (Phi) is 3.49. The minimum atomic E-state index is -0.285. The molecule has 0 aliphatic carbocycles. The van der Waals surface area contributed by atoms with Crippen LogP contribution in [-0.2, 0) is 6.54 Å². The van der Waals surface area contributed by atoms with Crippen LogP contribution >= 0.6 is 0 Å². The largest absolute Gasteiger partial charge is 0.345 e. The summed E-state index contributed by atoms with van der Waals surface area (Å²) in [6, 6.07) is 1.70. The second kappa shape index (κ2) is 5.23. The van der Waals surface area contributed by atoms with E-state index in [0.717, 1.165) is 5.69 Å². The maximum atomic E-state index is 11.9. The number of anilines is 1. The highest BCUT2D eigenvalue weighted by molar-refractivity contribution is 5.99. The standard InChI is InChI=1S/C10H13N7O/c1-6-2-8(16-11)7(3-12-6)10(18)13-4-9-14-5-15-17-9/h2-3,5H,4,11H2,1H3,(H,12,16)(H,13,18)(H,14,15,17). The monoisotopic (exact) mass is 247 g/mol. The van der Waals surface area contributed by atoms with Gasteiger partial charge < -0.3 is 10.7 Å². The number of aromatic amines is 1. The van der Waals surface area contributed by atoms with E-state index in [4.69, 9.17) is 5.84 Å². The lowest BCUT2D eigenvalue weighted by Gasteiger charge is -2.09. The van der Waals surface area contributed by atoms with Crippen LogP contribution in [0.25, 0.3) is 0 Å². The van der Waals surface area contributed by atoms with E-state index in [1.807, 2.05) is 6.92 Å². The van der Waals surface area contributed by atoms with Crippen LogP contribution in [0.5, 0.6) is 0 Å². The molecule has 8 heteroatoms. The third-order valence-corrected chi connectivity index (χ3v) is 2.32. The summed E-state index contributed by atoms with van der Waals surface area (Å²) < 4.78 is 0. The van der Waals surface area contributed by atoms with Crippen molar-refractivity contribution < 1.29 is 4.79 Å². The van der Waals surface area contributed by atoms with E-state index in [1.165, 1.54) is 12.5 Å². The number of hydrazine groups is 1. The summed E-state index contributed by atoms with van der Waals surface area (Å²) in [6.45, 7) is 2.08. The Labute approximate surface area is 103 Å². The normalized spacial score (nSPS) is 10.1. The molecule has 2 aromatic heterocycles. The second-order valence-electron chi connectivity index (χ2n) is 3.63. The Hall–Kier alpha value is -2.48. The number of nitrogen functional groups attached to an aromatic ring is 1. The summed E-state index contributed by atoms with van der Waals surface area (Å²) in [6.07, 6.45) is 2.85. The molecule has 0 radical (unpaired) electrons. The van der Waals surface area contributed by atoms with E-state index >= 15 is 0 Å². The Balaban J connectivity index is 2.09. The van der Waals surface area contributed by atoms with Crippen molar-refractivity contribution in [3.8, 4) is 0 Å². The molecule has 0 aromatic carbocycles. The van der Waals surface area contributed by atoms with Gasteiger partial charge in [0.1, 0.15) is 12.2 Å². The van der Waals surface area contributed by atoms with E-state index in [1.54, 1.807) is 6.07 Å². The van der Waals surface area contributed by atoms with E-state index in [9.17, 15) is 4.79 Å². The van der Waals surface area contributed by atoms with Crippen molar-refractivity contribution in [3.63, 3.8) is 0 Å². The zero-order valence-corrected chi connectivity index (χ0v) is 9.77. The van der Waals surface area contributed by atoms with Crippen LogP contribution in [0.4, 0.5) is 5.69 Å². The number of H-pyrrole nitrogens is 1. The van der Waals surface area contributed by atoms with Crippen molar-refractivity contribution in [2.45, 2.75) is 13.5 Å². The number of nitrogens with two attached hydrogens (primary N) is 1. The summed E-state index contributed by atoms with van der Waals surface area (Å²) in [4.78, 5) is 19.9. The van der Waals surface area contributed by atoms with Gasteiger partial charge in [-0.2, -0.15) is 5.10 Å². The van der Waals surface area contributed by atoms with Gasteiger partial charge in [-0.15, -0.1) is 0 Å². The predicted octanol–water partition coefficient (Wildman–Crippen LogP) is -0.276. The number of amides is 1. The number of nitrogens with zero attached hydrogens (tertiary/aromatic N) is 3. The molecule has 2 heterocycles. The molecule has 0 unspecified atom stereocenters. The number of aryl methyl sites for hydroxylation is 1. The molecule has 0 aliphatic rings. The zero-order chi connectivity index (χ0) is 13.0. The molecule has 18 heavy (non-hydrogen) atoms. The molecule has 2 rings (SSSR count). The number of aromatic nitrogens is 4. The number of nitrogens with one attached hydrogen (secondary N) is 3. The molecule has 0 fully saturated rings. The molecule has 2 aromatic rings. The molecular formula is C10H13N7O. The second-order valence-corrected chi connectivity index (χ2v) is 3.63. The number of hydrogen-bond acceptors (Lipinski definition) is 6. The maximum Gasteiger partial charge on any atom is 0.255 e. The van der Waals surface area contributed by atoms with E-state index < -0.39 is 0 Å². The third kappa shape index (κ3) is 2.61. The molecule has 0 bridgehead atoms. The lowest BCUT2D eigenvalue weighted by molar-refractivity contribution is 0.0950. The quantitative estimate of drug-likeness (QED) is 0.435. The highest BCUT2D eigenvalue weighted by atomic mass is 16.1. The van der Waals surface area contributed by atoms with Gasteiger partial charge in [0.15, 0.2) is 0 Å². The van der Waals surface area contributed by atoms with Gasteiger partial charge in [0, 0.05) is 11.9 Å². The number of rotatable bonds is 4. The predicted molar refractivity (Wildman–Crippen MR) is 64.3 cm³/mol. The average Bonchev–Trinajstić information content (AvgIpc) is 2.88. The molecule has 1 amide bonds. The van der Waals surface area contributed by atoms with Crippen molar-refractivity contribution >= 4 is 11.6 Å². The van der Waals surface area contributed by atoms with Crippen LogP contribution in [-0.4, -0.2) is 26.1 Å². The van der Waals surface area contributed by atoms with Gasteiger partial charge in [0.05, 0.1) is 17.8 Å². The van der Waals surface area contributed by atoms with Crippen molar-refractivity contribution in [2.75, 3.05) is 5.43 Å². The number of carbonyl (C=O) groups is 1. The van der Waals surface area contributed by atoms with E-state index in [2.05, 4.69) is 30.9 Å². The van der Waals surface area contributed by atoms with Gasteiger partial charge >= 0.3 is 0 Å². The fraction of sp³-hybridized carbons (Fsp3) is 0.200. The first kappa shape index (κ1) is 12.0. The maximum absolute atomic E-state index is 11.9. The lowest BCUT2D eigenvalue weighted by Crippen LogP contribution is -2.25. The van der Waals surface area contributed by atoms with Crippen LogP contribution in [0.3, 0.4) is 0 Å². The van der Waals surface area contributed by atoms with E-state index in [-0.39, 0.29) is 12.5 Å². The minimum Gasteiger partial charge on any atom is -0.345 e. The molecule has 0 atom stereocenters. The molecule has 94 valence electrons. The van der Waals surface area contributed by atoms with Crippen molar-refractivity contribution in [1.29, 1.82) is 0 Å².